The Morgan fingerprint density at radius 1 is 1.22 bits per heavy atom. The van der Waals surface area contributed by atoms with Crippen LogP contribution in [0.15, 0.2) is 6.20 Å². The Hall–Kier alpha value is -1.93. The van der Waals surface area contributed by atoms with Crippen molar-refractivity contribution in [3.05, 3.63) is 11.8 Å². The molecule has 2 fully saturated rings. The summed E-state index contributed by atoms with van der Waals surface area (Å²) in [7, 11) is 0. The molecule has 1 aromatic heterocycles. The van der Waals surface area contributed by atoms with E-state index >= 15 is 0 Å². The number of anilines is 2. The zero-order chi connectivity index (χ0) is 19.2. The normalized spacial score (nSPS) is 28.5. The van der Waals surface area contributed by atoms with E-state index in [4.69, 9.17) is 10.5 Å². The molecule has 0 unspecified atom stereocenters. The number of hydrogen-bond acceptors (Lipinski definition) is 7. The quantitative estimate of drug-likeness (QED) is 0.573. The van der Waals surface area contributed by atoms with Crippen LogP contribution in [-0.2, 0) is 4.74 Å². The van der Waals surface area contributed by atoms with Gasteiger partial charge in [-0.15, -0.1) is 0 Å². The van der Waals surface area contributed by atoms with Crippen molar-refractivity contribution in [2.75, 3.05) is 17.2 Å². The van der Waals surface area contributed by atoms with Crippen LogP contribution in [0.1, 0.15) is 68.6 Å². The third kappa shape index (κ3) is 5.52. The van der Waals surface area contributed by atoms with E-state index in [-0.39, 0.29) is 17.7 Å². The molecule has 2 aliphatic carbocycles. The van der Waals surface area contributed by atoms with Crippen molar-refractivity contribution >= 4 is 17.7 Å². The highest BCUT2D eigenvalue weighted by Crippen LogP contribution is 2.26. The first-order valence-corrected chi connectivity index (χ1v) is 10.0. The van der Waals surface area contributed by atoms with Gasteiger partial charge in [-0.2, -0.15) is 4.98 Å². The Morgan fingerprint density at radius 2 is 2.00 bits per heavy atom. The summed E-state index contributed by atoms with van der Waals surface area (Å²) in [6.07, 6.45) is 8.92. The summed E-state index contributed by atoms with van der Waals surface area (Å²) in [6.45, 7) is 2.78. The third-order valence-electron chi connectivity index (χ3n) is 5.45. The summed E-state index contributed by atoms with van der Waals surface area (Å²) in [4.78, 5) is 20.5. The third-order valence-corrected chi connectivity index (χ3v) is 5.45. The Labute approximate surface area is 160 Å². The number of aromatic nitrogens is 2. The number of nitrogens with zero attached hydrogens (tertiary/aromatic N) is 2. The van der Waals surface area contributed by atoms with Gasteiger partial charge in [0.05, 0.1) is 17.8 Å². The predicted octanol–water partition coefficient (Wildman–Crippen LogP) is 2.05. The lowest BCUT2D eigenvalue weighted by Crippen LogP contribution is -2.32. The second-order valence-corrected chi connectivity index (χ2v) is 7.56. The van der Waals surface area contributed by atoms with E-state index in [9.17, 15) is 9.90 Å². The Morgan fingerprint density at radius 3 is 2.67 bits per heavy atom. The lowest BCUT2D eigenvalue weighted by Gasteiger charge is -2.29. The molecule has 0 aliphatic heterocycles. The van der Waals surface area contributed by atoms with E-state index in [0.717, 1.165) is 51.6 Å². The highest BCUT2D eigenvalue weighted by molar-refractivity contribution is 5.97. The molecule has 8 heteroatoms. The number of hydrogen-bond donors (Lipinski definition) is 4. The topological polar surface area (TPSA) is 122 Å². The molecule has 3 rings (SSSR count). The molecule has 1 aromatic rings. The van der Waals surface area contributed by atoms with E-state index in [1.54, 1.807) is 0 Å². The van der Waals surface area contributed by atoms with Gasteiger partial charge in [0.1, 0.15) is 5.82 Å². The molecule has 2 saturated carbocycles. The summed E-state index contributed by atoms with van der Waals surface area (Å²) in [5, 5.41) is 16.5. The van der Waals surface area contributed by atoms with E-state index in [1.807, 2.05) is 6.92 Å². The number of nitrogens with two attached hydrogens (primary N) is 1. The number of carbonyl (C=O) groups excluding carboxylic acids is 1. The van der Waals surface area contributed by atoms with Crippen LogP contribution < -0.4 is 16.4 Å². The first kappa shape index (κ1) is 19.8. The van der Waals surface area contributed by atoms with E-state index in [0.29, 0.717) is 30.3 Å². The van der Waals surface area contributed by atoms with Gasteiger partial charge in [0.15, 0.2) is 0 Å². The Kier molecular flexibility index (Phi) is 6.84. The molecule has 1 amide bonds. The molecule has 2 aliphatic rings. The minimum absolute atomic E-state index is 0.0798. The van der Waals surface area contributed by atoms with Crippen LogP contribution in [0.3, 0.4) is 0 Å². The number of nitrogens with one attached hydrogen (secondary N) is 2. The monoisotopic (exact) mass is 377 g/mol. The zero-order valence-electron chi connectivity index (χ0n) is 16.0. The minimum Gasteiger partial charge on any atom is -0.393 e. The maximum Gasteiger partial charge on any atom is 0.254 e. The highest BCUT2D eigenvalue weighted by atomic mass is 16.5. The molecule has 8 nitrogen and oxygen atoms in total. The first-order chi connectivity index (χ1) is 13.0. The van der Waals surface area contributed by atoms with E-state index in [2.05, 4.69) is 20.6 Å². The van der Waals surface area contributed by atoms with Crippen molar-refractivity contribution in [1.82, 2.24) is 9.97 Å². The summed E-state index contributed by atoms with van der Waals surface area (Å²) in [6, 6.07) is 0.377. The van der Waals surface area contributed by atoms with Crippen LogP contribution in [0.2, 0.25) is 0 Å². The fourth-order valence-electron chi connectivity index (χ4n) is 4.02. The van der Waals surface area contributed by atoms with Crippen LogP contribution in [0.4, 0.5) is 11.8 Å². The van der Waals surface area contributed by atoms with Crippen molar-refractivity contribution in [3.63, 3.8) is 0 Å². The summed E-state index contributed by atoms with van der Waals surface area (Å²) in [5.41, 5.74) is 5.76. The number of aliphatic hydroxyl groups is 1. The van der Waals surface area contributed by atoms with Gasteiger partial charge in [0.2, 0.25) is 5.95 Å². The Balaban J connectivity index is 1.65. The van der Waals surface area contributed by atoms with Crippen molar-refractivity contribution in [2.24, 2.45) is 5.73 Å². The second kappa shape index (κ2) is 9.32. The summed E-state index contributed by atoms with van der Waals surface area (Å²) < 4.78 is 5.69. The average molecular weight is 377 g/mol. The van der Waals surface area contributed by atoms with E-state index < -0.39 is 5.91 Å². The second-order valence-electron chi connectivity index (χ2n) is 7.56. The van der Waals surface area contributed by atoms with Crippen molar-refractivity contribution in [3.8, 4) is 0 Å². The standard InChI is InChI=1S/C19H31N5O3/c1-2-27-15-8-6-12(7-9-15)23-19-21-11-16(17(20)26)18(24-19)22-13-4-3-5-14(25)10-13/h11-15,25H,2-10H2,1H3,(H2,20,26)(H2,21,22,23,24)/t12-,13-,14+,15-/m1/s1. The van der Waals surface area contributed by atoms with Gasteiger partial charge in [-0.05, 0) is 58.3 Å². The van der Waals surface area contributed by atoms with Crippen molar-refractivity contribution in [2.45, 2.75) is 82.6 Å². The van der Waals surface area contributed by atoms with E-state index in [1.165, 1.54) is 6.20 Å². The zero-order valence-corrected chi connectivity index (χ0v) is 16.0. The summed E-state index contributed by atoms with van der Waals surface area (Å²) in [5.74, 6) is 0.387. The average Bonchev–Trinajstić information content (AvgIpc) is 2.63. The molecule has 2 atom stereocenters. The molecule has 27 heavy (non-hydrogen) atoms. The minimum atomic E-state index is -0.558. The largest absolute Gasteiger partial charge is 0.393 e. The molecule has 0 saturated heterocycles. The molecule has 5 N–H and O–H groups in total. The van der Waals surface area contributed by atoms with Gasteiger partial charge in [0, 0.05) is 24.9 Å². The lowest BCUT2D eigenvalue weighted by atomic mass is 9.93. The van der Waals surface area contributed by atoms with Crippen molar-refractivity contribution in [1.29, 1.82) is 0 Å². The van der Waals surface area contributed by atoms with Gasteiger partial charge >= 0.3 is 0 Å². The highest BCUT2D eigenvalue weighted by Gasteiger charge is 2.24. The number of amides is 1. The fourth-order valence-corrected chi connectivity index (χ4v) is 4.02. The van der Waals surface area contributed by atoms with Gasteiger partial charge < -0.3 is 26.2 Å². The SMILES string of the molecule is CCO[C@H]1CC[C@H](Nc2ncc(C(N)=O)c(N[C@@H]3CCC[C@H](O)C3)n2)CC1. The molecule has 0 aromatic carbocycles. The molecular formula is C19H31N5O3. The molecule has 0 radical (unpaired) electrons. The number of aliphatic hydroxyl groups excluding tert-OH is 1. The number of carbonyl (C=O) groups is 1. The summed E-state index contributed by atoms with van der Waals surface area (Å²) >= 11 is 0. The van der Waals surface area contributed by atoms with Gasteiger partial charge in [-0.25, -0.2) is 4.98 Å². The predicted molar refractivity (Wildman–Crippen MR) is 104 cm³/mol. The molecule has 0 bridgehead atoms. The maximum absolute atomic E-state index is 11.7. The number of rotatable bonds is 7. The van der Waals surface area contributed by atoms with Crippen LogP contribution in [0, 0.1) is 0 Å². The molecule has 150 valence electrons. The van der Waals surface area contributed by atoms with Gasteiger partial charge in [-0.1, -0.05) is 0 Å². The van der Waals surface area contributed by atoms with Crippen LogP contribution in [0.25, 0.3) is 0 Å². The molecule has 0 spiro atoms. The molecular weight excluding hydrogens is 346 g/mol. The first-order valence-electron chi connectivity index (χ1n) is 10.0. The van der Waals surface area contributed by atoms with Crippen LogP contribution >= 0.6 is 0 Å². The van der Waals surface area contributed by atoms with Gasteiger partial charge in [-0.3, -0.25) is 4.79 Å². The van der Waals surface area contributed by atoms with Gasteiger partial charge in [0.25, 0.3) is 5.91 Å². The van der Waals surface area contributed by atoms with Crippen LogP contribution in [0.5, 0.6) is 0 Å². The number of primary amides is 1. The van der Waals surface area contributed by atoms with Crippen molar-refractivity contribution < 1.29 is 14.6 Å². The molecule has 1 heterocycles. The maximum atomic E-state index is 11.7. The number of ether oxygens (including phenoxy) is 1. The fraction of sp³-hybridized carbons (Fsp3) is 0.737. The van der Waals surface area contributed by atoms with Crippen LogP contribution in [-0.4, -0.2) is 51.9 Å². The lowest BCUT2D eigenvalue weighted by molar-refractivity contribution is 0.0346. The smallest absolute Gasteiger partial charge is 0.254 e. The Bertz CT molecular complexity index is 634.